The molecule has 0 aliphatic heterocycles. The second-order valence-electron chi connectivity index (χ2n) is 5.04. The van der Waals surface area contributed by atoms with Crippen LogP contribution >= 0.6 is 0 Å². The number of hydrogen-bond acceptors (Lipinski definition) is 4. The van der Waals surface area contributed by atoms with Gasteiger partial charge in [0.05, 0.1) is 12.2 Å². The second kappa shape index (κ2) is 6.43. The molecule has 1 aromatic heterocycles. The lowest BCUT2D eigenvalue weighted by Gasteiger charge is -2.14. The van der Waals surface area contributed by atoms with E-state index in [2.05, 4.69) is 10.3 Å². The molecule has 0 aliphatic rings. The van der Waals surface area contributed by atoms with Gasteiger partial charge in [0.15, 0.2) is 6.10 Å². The van der Waals surface area contributed by atoms with Gasteiger partial charge in [0, 0.05) is 0 Å². The average Bonchev–Trinajstić information content (AvgIpc) is 2.77. The predicted molar refractivity (Wildman–Crippen MR) is 79.1 cm³/mol. The fourth-order valence-electron chi connectivity index (χ4n) is 1.80. The van der Waals surface area contributed by atoms with E-state index in [-0.39, 0.29) is 12.5 Å². The Morgan fingerprint density at radius 3 is 2.52 bits per heavy atom. The van der Waals surface area contributed by atoms with Gasteiger partial charge in [0.1, 0.15) is 11.5 Å². The number of carbonyl (C=O) groups excluding carboxylic acids is 1. The zero-order valence-electron chi connectivity index (χ0n) is 12.8. The smallest absolute Gasteiger partial charge is 0.261 e. The zero-order valence-corrected chi connectivity index (χ0v) is 12.8. The topological polar surface area (TPSA) is 64.4 Å². The molecule has 1 aromatic carbocycles. The number of oxazole rings is 1. The summed E-state index contributed by atoms with van der Waals surface area (Å²) in [4.78, 5) is 16.2. The van der Waals surface area contributed by atoms with Gasteiger partial charge in [-0.3, -0.25) is 4.79 Å². The lowest BCUT2D eigenvalue weighted by atomic mass is 10.2. The molecule has 2 rings (SSSR count). The fourth-order valence-corrected chi connectivity index (χ4v) is 1.80. The number of hydrogen-bond donors (Lipinski definition) is 1. The maximum atomic E-state index is 12.0. The van der Waals surface area contributed by atoms with Gasteiger partial charge in [0.2, 0.25) is 5.89 Å². The summed E-state index contributed by atoms with van der Waals surface area (Å²) in [6, 6.07) is 7.58. The quantitative estimate of drug-likeness (QED) is 0.918. The highest BCUT2D eigenvalue weighted by Gasteiger charge is 2.15. The summed E-state index contributed by atoms with van der Waals surface area (Å²) in [7, 11) is 0. The van der Waals surface area contributed by atoms with Gasteiger partial charge in [-0.1, -0.05) is 17.7 Å². The molecule has 1 atom stereocenters. The third kappa shape index (κ3) is 4.08. The highest BCUT2D eigenvalue weighted by molar-refractivity contribution is 5.80. The van der Waals surface area contributed by atoms with Crippen molar-refractivity contribution >= 4 is 5.91 Å². The Bertz CT molecular complexity index is 597. The molecule has 0 fully saturated rings. The van der Waals surface area contributed by atoms with Crippen molar-refractivity contribution in [1.29, 1.82) is 0 Å². The first-order chi connectivity index (χ1) is 9.95. The molecular weight excluding hydrogens is 268 g/mol. The summed E-state index contributed by atoms with van der Waals surface area (Å²) in [5.41, 5.74) is 1.98. The molecule has 0 spiro atoms. The normalized spacial score (nSPS) is 12.0. The van der Waals surface area contributed by atoms with Crippen molar-refractivity contribution in [3.8, 4) is 5.75 Å². The lowest BCUT2D eigenvalue weighted by molar-refractivity contribution is -0.127. The van der Waals surface area contributed by atoms with Crippen molar-refractivity contribution in [2.24, 2.45) is 0 Å². The third-order valence-corrected chi connectivity index (χ3v) is 3.19. The van der Waals surface area contributed by atoms with E-state index in [0.717, 1.165) is 17.0 Å². The molecule has 2 aromatic rings. The highest BCUT2D eigenvalue weighted by Crippen LogP contribution is 2.13. The molecule has 0 saturated carbocycles. The van der Waals surface area contributed by atoms with Gasteiger partial charge < -0.3 is 14.5 Å². The molecule has 0 aliphatic carbocycles. The van der Waals surface area contributed by atoms with Gasteiger partial charge in [-0.2, -0.15) is 0 Å². The Balaban J connectivity index is 1.86. The van der Waals surface area contributed by atoms with Crippen LogP contribution in [-0.2, 0) is 11.3 Å². The molecule has 1 N–H and O–H groups in total. The van der Waals surface area contributed by atoms with Crippen molar-refractivity contribution in [3.63, 3.8) is 0 Å². The highest BCUT2D eigenvalue weighted by atomic mass is 16.5. The number of carbonyl (C=O) groups is 1. The van der Waals surface area contributed by atoms with Crippen LogP contribution < -0.4 is 10.1 Å². The summed E-state index contributed by atoms with van der Waals surface area (Å²) in [5, 5.41) is 2.75. The van der Waals surface area contributed by atoms with E-state index in [4.69, 9.17) is 9.15 Å². The summed E-state index contributed by atoms with van der Waals surface area (Å²) in [6.07, 6.45) is -0.579. The molecule has 21 heavy (non-hydrogen) atoms. The van der Waals surface area contributed by atoms with Crippen LogP contribution in [0.1, 0.15) is 29.8 Å². The van der Waals surface area contributed by atoms with E-state index in [9.17, 15) is 4.79 Å². The van der Waals surface area contributed by atoms with Crippen molar-refractivity contribution in [3.05, 3.63) is 47.2 Å². The Kier molecular flexibility index (Phi) is 4.62. The van der Waals surface area contributed by atoms with Crippen molar-refractivity contribution in [1.82, 2.24) is 10.3 Å². The van der Waals surface area contributed by atoms with Crippen LogP contribution in [0.2, 0.25) is 0 Å². The number of benzene rings is 1. The minimum absolute atomic E-state index is 0.205. The summed E-state index contributed by atoms with van der Waals surface area (Å²) in [6.45, 7) is 7.68. The van der Waals surface area contributed by atoms with Crippen LogP contribution in [0.15, 0.2) is 28.7 Å². The Hall–Kier alpha value is -2.30. The standard InChI is InChI=1S/C16H20N2O3/c1-10-5-7-14(8-6-10)20-13(4)16(19)17-9-15-18-11(2)12(3)21-15/h5-8,13H,9H2,1-4H3,(H,17,19). The van der Waals surface area contributed by atoms with Crippen LogP contribution in [0.4, 0.5) is 0 Å². The molecule has 1 amide bonds. The van der Waals surface area contributed by atoms with E-state index in [1.54, 1.807) is 6.92 Å². The lowest BCUT2D eigenvalue weighted by Crippen LogP contribution is -2.35. The molecule has 5 heteroatoms. The van der Waals surface area contributed by atoms with Crippen LogP contribution in [-0.4, -0.2) is 17.0 Å². The second-order valence-corrected chi connectivity index (χ2v) is 5.04. The van der Waals surface area contributed by atoms with Crippen LogP contribution in [0.5, 0.6) is 5.75 Å². The largest absolute Gasteiger partial charge is 0.481 e. The van der Waals surface area contributed by atoms with Crippen LogP contribution in [0.25, 0.3) is 0 Å². The molecule has 0 bridgehead atoms. The first kappa shape index (κ1) is 15.1. The molecular formula is C16H20N2O3. The van der Waals surface area contributed by atoms with Gasteiger partial charge in [0.25, 0.3) is 5.91 Å². The number of nitrogens with zero attached hydrogens (tertiary/aromatic N) is 1. The zero-order chi connectivity index (χ0) is 15.4. The van der Waals surface area contributed by atoms with E-state index in [1.165, 1.54) is 0 Å². The first-order valence-corrected chi connectivity index (χ1v) is 6.89. The molecule has 0 saturated heterocycles. The van der Waals surface area contributed by atoms with E-state index < -0.39 is 6.10 Å². The first-order valence-electron chi connectivity index (χ1n) is 6.89. The number of ether oxygens (including phenoxy) is 1. The monoisotopic (exact) mass is 288 g/mol. The van der Waals surface area contributed by atoms with Gasteiger partial charge in [-0.05, 0) is 39.8 Å². The molecule has 1 heterocycles. The number of aryl methyl sites for hydroxylation is 3. The minimum Gasteiger partial charge on any atom is -0.481 e. The van der Waals surface area contributed by atoms with Gasteiger partial charge >= 0.3 is 0 Å². The molecule has 0 radical (unpaired) electrons. The van der Waals surface area contributed by atoms with Crippen LogP contribution in [0.3, 0.4) is 0 Å². The Morgan fingerprint density at radius 1 is 1.29 bits per heavy atom. The van der Waals surface area contributed by atoms with E-state index >= 15 is 0 Å². The van der Waals surface area contributed by atoms with Gasteiger partial charge in [-0.15, -0.1) is 0 Å². The average molecular weight is 288 g/mol. The van der Waals surface area contributed by atoms with Crippen molar-refractivity contribution in [2.45, 2.75) is 40.3 Å². The van der Waals surface area contributed by atoms with Crippen molar-refractivity contribution < 1.29 is 13.9 Å². The summed E-state index contributed by atoms with van der Waals surface area (Å²) in [5.74, 6) is 1.74. The molecule has 5 nitrogen and oxygen atoms in total. The van der Waals surface area contributed by atoms with E-state index in [0.29, 0.717) is 11.6 Å². The van der Waals surface area contributed by atoms with Crippen molar-refractivity contribution in [2.75, 3.05) is 0 Å². The maximum absolute atomic E-state index is 12.0. The number of rotatable bonds is 5. The summed E-state index contributed by atoms with van der Waals surface area (Å²) >= 11 is 0. The predicted octanol–water partition coefficient (Wildman–Crippen LogP) is 2.68. The number of amides is 1. The fraction of sp³-hybridized carbons (Fsp3) is 0.375. The van der Waals surface area contributed by atoms with Crippen LogP contribution in [0, 0.1) is 20.8 Å². The maximum Gasteiger partial charge on any atom is 0.261 e. The molecule has 1 unspecified atom stereocenters. The number of nitrogens with one attached hydrogen (secondary N) is 1. The van der Waals surface area contributed by atoms with E-state index in [1.807, 2.05) is 45.0 Å². The SMILES string of the molecule is Cc1ccc(OC(C)C(=O)NCc2nc(C)c(C)o2)cc1. The summed E-state index contributed by atoms with van der Waals surface area (Å²) < 4.78 is 11.0. The molecule has 112 valence electrons. The number of aromatic nitrogens is 1. The Labute approximate surface area is 124 Å². The van der Waals surface area contributed by atoms with Gasteiger partial charge in [-0.25, -0.2) is 4.98 Å². The Morgan fingerprint density at radius 2 is 1.95 bits per heavy atom. The minimum atomic E-state index is -0.579. The third-order valence-electron chi connectivity index (χ3n) is 3.19.